The molecule has 2 N–H and O–H groups in total. The van der Waals surface area contributed by atoms with Crippen molar-refractivity contribution in [3.05, 3.63) is 21.9 Å². The largest absolute Gasteiger partial charge is 0.352 e. The molecule has 2 aliphatic rings. The second-order valence-electron chi connectivity index (χ2n) is 5.30. The van der Waals surface area contributed by atoms with Crippen LogP contribution in [0.3, 0.4) is 0 Å². The zero-order chi connectivity index (χ0) is 12.4. The lowest BCUT2D eigenvalue weighted by Crippen LogP contribution is -2.47. The number of carbonyl (C=O) groups is 1. The molecule has 1 aliphatic carbocycles. The average Bonchev–Trinajstić information content (AvgIpc) is 2.87. The maximum atomic E-state index is 12.4. The van der Waals surface area contributed by atoms with Crippen LogP contribution in [0.15, 0.2) is 11.4 Å². The second-order valence-corrected chi connectivity index (χ2v) is 6.30. The summed E-state index contributed by atoms with van der Waals surface area (Å²) in [5.74, 6) is 0.338. The number of hydrogen-bond donors (Lipinski definition) is 2. The molecule has 1 saturated heterocycles. The molecule has 0 radical (unpaired) electrons. The zero-order valence-corrected chi connectivity index (χ0v) is 11.4. The van der Waals surface area contributed by atoms with Crippen LogP contribution in [0.25, 0.3) is 0 Å². The summed E-state index contributed by atoms with van der Waals surface area (Å²) in [4.78, 5) is 13.8. The lowest BCUT2D eigenvalue weighted by Gasteiger charge is -2.28. The summed E-state index contributed by atoms with van der Waals surface area (Å²) in [7, 11) is 0. The van der Waals surface area contributed by atoms with Crippen LogP contribution < -0.4 is 10.6 Å². The van der Waals surface area contributed by atoms with Crippen LogP contribution in [-0.4, -0.2) is 25.0 Å². The number of thiophene rings is 1. The van der Waals surface area contributed by atoms with Gasteiger partial charge in [-0.1, -0.05) is 0 Å². The van der Waals surface area contributed by atoms with Crippen molar-refractivity contribution in [2.75, 3.05) is 13.1 Å². The van der Waals surface area contributed by atoms with Gasteiger partial charge in [-0.25, -0.2) is 0 Å². The summed E-state index contributed by atoms with van der Waals surface area (Å²) in [5.41, 5.74) is 1.28. The molecule has 1 fully saturated rings. The fourth-order valence-electron chi connectivity index (χ4n) is 3.04. The number of aryl methyl sites for hydroxylation is 1. The molecule has 0 saturated carbocycles. The molecular weight excluding hydrogens is 244 g/mol. The number of carbonyl (C=O) groups excluding carboxylic acids is 1. The molecule has 1 amide bonds. The first-order valence-corrected chi connectivity index (χ1v) is 7.80. The van der Waals surface area contributed by atoms with Gasteiger partial charge in [0.15, 0.2) is 0 Å². The van der Waals surface area contributed by atoms with E-state index in [2.05, 4.69) is 22.1 Å². The van der Waals surface area contributed by atoms with Gasteiger partial charge in [0, 0.05) is 17.5 Å². The predicted octanol–water partition coefficient (Wildman–Crippen LogP) is 2.04. The highest BCUT2D eigenvalue weighted by Crippen LogP contribution is 2.35. The van der Waals surface area contributed by atoms with Gasteiger partial charge in [0.05, 0.1) is 5.92 Å². The van der Waals surface area contributed by atoms with E-state index in [9.17, 15) is 4.79 Å². The molecule has 0 bridgehead atoms. The maximum Gasteiger partial charge on any atom is 0.227 e. The number of amides is 1. The Morgan fingerprint density at radius 2 is 2.33 bits per heavy atom. The second kappa shape index (κ2) is 5.41. The molecule has 0 spiro atoms. The van der Waals surface area contributed by atoms with Crippen molar-refractivity contribution in [2.45, 2.75) is 44.1 Å². The van der Waals surface area contributed by atoms with Gasteiger partial charge < -0.3 is 10.6 Å². The van der Waals surface area contributed by atoms with E-state index in [4.69, 9.17) is 0 Å². The molecule has 3 rings (SSSR count). The highest BCUT2D eigenvalue weighted by atomic mass is 32.1. The Morgan fingerprint density at radius 1 is 1.39 bits per heavy atom. The molecule has 3 nitrogen and oxygen atoms in total. The smallest absolute Gasteiger partial charge is 0.227 e. The lowest BCUT2D eigenvalue weighted by molar-refractivity contribution is -0.123. The fourth-order valence-corrected chi connectivity index (χ4v) is 4.02. The highest BCUT2D eigenvalue weighted by Gasteiger charge is 2.28. The third kappa shape index (κ3) is 2.45. The number of piperidine rings is 1. The van der Waals surface area contributed by atoms with Gasteiger partial charge in [-0.05, 0) is 55.7 Å². The van der Waals surface area contributed by atoms with E-state index in [0.29, 0.717) is 6.04 Å². The van der Waals surface area contributed by atoms with E-state index in [1.54, 1.807) is 11.3 Å². The van der Waals surface area contributed by atoms with Gasteiger partial charge in [-0.3, -0.25) is 4.79 Å². The summed E-state index contributed by atoms with van der Waals surface area (Å²) in [6, 6.07) is 2.47. The van der Waals surface area contributed by atoms with Crippen molar-refractivity contribution in [3.8, 4) is 0 Å². The van der Waals surface area contributed by atoms with Crippen LogP contribution in [-0.2, 0) is 11.2 Å². The van der Waals surface area contributed by atoms with Crippen LogP contribution >= 0.6 is 11.3 Å². The van der Waals surface area contributed by atoms with Gasteiger partial charge in [-0.15, -0.1) is 11.3 Å². The van der Waals surface area contributed by atoms with Crippen LogP contribution in [0.2, 0.25) is 0 Å². The molecule has 1 aromatic heterocycles. The van der Waals surface area contributed by atoms with Crippen molar-refractivity contribution in [3.63, 3.8) is 0 Å². The SMILES string of the molecule is O=C(NC1CCCNC1)C1CCCc2sccc21. The van der Waals surface area contributed by atoms with Gasteiger partial charge in [0.1, 0.15) is 0 Å². The molecule has 4 heteroatoms. The van der Waals surface area contributed by atoms with Crippen LogP contribution in [0.4, 0.5) is 0 Å². The molecule has 1 aliphatic heterocycles. The number of nitrogens with one attached hydrogen (secondary N) is 2. The molecule has 98 valence electrons. The Balaban J connectivity index is 1.66. The summed E-state index contributed by atoms with van der Waals surface area (Å²) in [5, 5.41) is 8.69. The summed E-state index contributed by atoms with van der Waals surface area (Å²) < 4.78 is 0. The van der Waals surface area contributed by atoms with Gasteiger partial charge in [0.25, 0.3) is 0 Å². The molecule has 1 aromatic rings. The third-order valence-corrected chi connectivity index (χ3v) is 5.01. The minimum Gasteiger partial charge on any atom is -0.352 e. The number of fused-ring (bicyclic) bond motifs is 1. The van der Waals surface area contributed by atoms with E-state index >= 15 is 0 Å². The summed E-state index contributed by atoms with van der Waals surface area (Å²) in [6.07, 6.45) is 5.59. The summed E-state index contributed by atoms with van der Waals surface area (Å²) >= 11 is 1.80. The van der Waals surface area contributed by atoms with Crippen molar-refractivity contribution in [2.24, 2.45) is 0 Å². The normalized spacial score (nSPS) is 27.6. The van der Waals surface area contributed by atoms with Crippen LogP contribution in [0.5, 0.6) is 0 Å². The molecule has 2 unspecified atom stereocenters. The fraction of sp³-hybridized carbons (Fsp3) is 0.643. The standard InChI is InChI=1S/C14H20N2OS/c17-14(16-10-3-2-7-15-9-10)12-4-1-5-13-11(12)6-8-18-13/h6,8,10,12,15H,1-5,7,9H2,(H,16,17). The average molecular weight is 264 g/mol. The van der Waals surface area contributed by atoms with E-state index < -0.39 is 0 Å². The van der Waals surface area contributed by atoms with E-state index in [1.807, 2.05) is 0 Å². The zero-order valence-electron chi connectivity index (χ0n) is 10.6. The van der Waals surface area contributed by atoms with Crippen molar-refractivity contribution < 1.29 is 4.79 Å². The molecule has 0 aromatic carbocycles. The molecule has 2 atom stereocenters. The van der Waals surface area contributed by atoms with Gasteiger partial charge in [-0.2, -0.15) is 0 Å². The Hall–Kier alpha value is -0.870. The first-order valence-electron chi connectivity index (χ1n) is 6.92. The van der Waals surface area contributed by atoms with Crippen LogP contribution in [0.1, 0.15) is 42.0 Å². The van der Waals surface area contributed by atoms with Crippen molar-refractivity contribution >= 4 is 17.2 Å². The lowest BCUT2D eigenvalue weighted by atomic mass is 9.87. The Morgan fingerprint density at radius 3 is 3.17 bits per heavy atom. The first kappa shape index (κ1) is 12.2. The highest BCUT2D eigenvalue weighted by molar-refractivity contribution is 7.10. The minimum atomic E-state index is 0.0990. The Labute approximate surface area is 112 Å². The quantitative estimate of drug-likeness (QED) is 0.858. The molecule has 18 heavy (non-hydrogen) atoms. The van der Waals surface area contributed by atoms with E-state index in [1.165, 1.54) is 16.9 Å². The summed E-state index contributed by atoms with van der Waals surface area (Å²) in [6.45, 7) is 2.01. The number of rotatable bonds is 2. The van der Waals surface area contributed by atoms with Crippen molar-refractivity contribution in [1.82, 2.24) is 10.6 Å². The maximum absolute atomic E-state index is 12.4. The first-order chi connectivity index (χ1) is 8.84. The Kier molecular flexibility index (Phi) is 3.66. The Bertz CT molecular complexity index is 423. The van der Waals surface area contributed by atoms with Crippen molar-refractivity contribution in [1.29, 1.82) is 0 Å². The predicted molar refractivity (Wildman–Crippen MR) is 74.0 cm³/mol. The van der Waals surface area contributed by atoms with E-state index in [0.717, 1.165) is 38.8 Å². The topological polar surface area (TPSA) is 41.1 Å². The van der Waals surface area contributed by atoms with Gasteiger partial charge >= 0.3 is 0 Å². The molecule has 2 heterocycles. The third-order valence-electron chi connectivity index (χ3n) is 4.01. The monoisotopic (exact) mass is 264 g/mol. The van der Waals surface area contributed by atoms with E-state index in [-0.39, 0.29) is 11.8 Å². The minimum absolute atomic E-state index is 0.0990. The van der Waals surface area contributed by atoms with Crippen LogP contribution in [0, 0.1) is 0 Å². The van der Waals surface area contributed by atoms with Gasteiger partial charge in [0.2, 0.25) is 5.91 Å². The molecular formula is C14H20N2OS. The number of hydrogen-bond acceptors (Lipinski definition) is 3.